The van der Waals surface area contributed by atoms with Crippen molar-refractivity contribution in [3.05, 3.63) is 66.2 Å². The minimum atomic E-state index is -0.218. The molecule has 0 heterocycles. The van der Waals surface area contributed by atoms with Crippen molar-refractivity contribution in [3.63, 3.8) is 0 Å². The van der Waals surface area contributed by atoms with E-state index in [9.17, 15) is 4.79 Å². The summed E-state index contributed by atoms with van der Waals surface area (Å²) in [6.45, 7) is 7.97. The Morgan fingerprint density at radius 3 is 2.52 bits per heavy atom. The van der Waals surface area contributed by atoms with Crippen LogP contribution >= 0.6 is 0 Å². The van der Waals surface area contributed by atoms with Gasteiger partial charge in [0.1, 0.15) is 18.1 Å². The zero-order valence-electron chi connectivity index (χ0n) is 13.5. The number of anilines is 1. The lowest BCUT2D eigenvalue weighted by Gasteiger charge is -2.10. The van der Waals surface area contributed by atoms with E-state index in [-0.39, 0.29) is 12.5 Å². The summed E-state index contributed by atoms with van der Waals surface area (Å²) in [6, 6.07) is 13.1. The highest BCUT2D eigenvalue weighted by atomic mass is 16.5. The molecule has 0 aliphatic heterocycles. The molecule has 0 atom stereocenters. The lowest BCUT2D eigenvalue weighted by molar-refractivity contribution is -0.118. The second-order valence-corrected chi connectivity index (χ2v) is 5.29. The Bertz CT molecular complexity index is 675. The van der Waals surface area contributed by atoms with Gasteiger partial charge in [0.2, 0.25) is 0 Å². The molecule has 0 aliphatic rings. The highest BCUT2D eigenvalue weighted by molar-refractivity contribution is 5.92. The Balaban J connectivity index is 1.90. The van der Waals surface area contributed by atoms with Gasteiger partial charge >= 0.3 is 0 Å². The van der Waals surface area contributed by atoms with Gasteiger partial charge in [-0.1, -0.05) is 24.8 Å². The van der Waals surface area contributed by atoms with Crippen LogP contribution in [0.3, 0.4) is 0 Å². The molecule has 1 amide bonds. The number of amides is 1. The van der Waals surface area contributed by atoms with Gasteiger partial charge in [-0.3, -0.25) is 4.79 Å². The summed E-state index contributed by atoms with van der Waals surface area (Å²) >= 11 is 0. The van der Waals surface area contributed by atoms with Gasteiger partial charge in [0.25, 0.3) is 5.91 Å². The number of ether oxygens (including phenoxy) is 2. The molecule has 0 saturated carbocycles. The predicted octanol–water partition coefficient (Wildman–Crippen LogP) is 3.89. The van der Waals surface area contributed by atoms with Crippen molar-refractivity contribution in [1.82, 2.24) is 0 Å². The Kier molecular flexibility index (Phi) is 5.80. The Hall–Kier alpha value is -2.75. The van der Waals surface area contributed by atoms with Crippen LogP contribution in [-0.2, 0) is 4.79 Å². The molecule has 0 aliphatic carbocycles. The fourth-order valence-corrected chi connectivity index (χ4v) is 2.18. The van der Waals surface area contributed by atoms with Crippen LogP contribution < -0.4 is 14.8 Å². The van der Waals surface area contributed by atoms with Crippen LogP contribution in [0.25, 0.3) is 0 Å². The number of benzene rings is 2. The number of nitrogens with one attached hydrogen (secondary N) is 1. The molecule has 0 fully saturated rings. The van der Waals surface area contributed by atoms with Crippen molar-refractivity contribution >= 4 is 11.6 Å². The van der Waals surface area contributed by atoms with Crippen LogP contribution in [0.5, 0.6) is 11.5 Å². The second-order valence-electron chi connectivity index (χ2n) is 5.29. The highest BCUT2D eigenvalue weighted by Crippen LogP contribution is 2.18. The van der Waals surface area contributed by atoms with Gasteiger partial charge in [0.15, 0.2) is 6.61 Å². The van der Waals surface area contributed by atoms with E-state index < -0.39 is 0 Å². The van der Waals surface area contributed by atoms with Crippen molar-refractivity contribution in [1.29, 1.82) is 0 Å². The van der Waals surface area contributed by atoms with Crippen molar-refractivity contribution in [2.45, 2.75) is 13.8 Å². The topological polar surface area (TPSA) is 47.6 Å². The van der Waals surface area contributed by atoms with E-state index in [4.69, 9.17) is 9.47 Å². The molecular weight excluding hydrogens is 290 g/mol. The highest BCUT2D eigenvalue weighted by Gasteiger charge is 2.05. The van der Waals surface area contributed by atoms with Crippen LogP contribution in [0, 0.1) is 13.8 Å². The van der Waals surface area contributed by atoms with Gasteiger partial charge in [-0.15, -0.1) is 0 Å². The van der Waals surface area contributed by atoms with Gasteiger partial charge < -0.3 is 14.8 Å². The molecule has 0 saturated heterocycles. The maximum Gasteiger partial charge on any atom is 0.262 e. The lowest BCUT2D eigenvalue weighted by Crippen LogP contribution is -2.20. The van der Waals surface area contributed by atoms with E-state index in [0.29, 0.717) is 23.8 Å². The first-order valence-corrected chi connectivity index (χ1v) is 7.41. The molecule has 23 heavy (non-hydrogen) atoms. The van der Waals surface area contributed by atoms with Crippen LogP contribution in [0.4, 0.5) is 5.69 Å². The molecule has 4 heteroatoms. The molecular formula is C19H21NO3. The molecule has 120 valence electrons. The van der Waals surface area contributed by atoms with E-state index in [1.807, 2.05) is 38.1 Å². The van der Waals surface area contributed by atoms with Crippen molar-refractivity contribution in [3.8, 4) is 11.5 Å². The van der Waals surface area contributed by atoms with Gasteiger partial charge in [-0.2, -0.15) is 0 Å². The van der Waals surface area contributed by atoms with Gasteiger partial charge in [-0.05, 0) is 49.2 Å². The average Bonchev–Trinajstić information content (AvgIpc) is 2.50. The van der Waals surface area contributed by atoms with E-state index in [1.54, 1.807) is 18.2 Å². The zero-order valence-corrected chi connectivity index (χ0v) is 13.5. The SMILES string of the molecule is C=CCOc1cccc(NC(=O)COc2cc(C)cc(C)c2)c1. The molecule has 0 radical (unpaired) electrons. The normalized spacial score (nSPS) is 10.0. The summed E-state index contributed by atoms with van der Waals surface area (Å²) in [6.07, 6.45) is 1.67. The summed E-state index contributed by atoms with van der Waals surface area (Å²) in [5, 5.41) is 2.79. The molecule has 0 spiro atoms. The molecule has 2 aromatic carbocycles. The third-order valence-electron chi connectivity index (χ3n) is 3.05. The third-order valence-corrected chi connectivity index (χ3v) is 3.05. The van der Waals surface area contributed by atoms with Crippen LogP contribution in [0.15, 0.2) is 55.1 Å². The lowest BCUT2D eigenvalue weighted by atomic mass is 10.1. The minimum absolute atomic E-state index is 0.0410. The van der Waals surface area contributed by atoms with Crippen LogP contribution in [0.1, 0.15) is 11.1 Å². The number of aryl methyl sites for hydroxylation is 2. The standard InChI is InChI=1S/C19H21NO3/c1-4-8-22-17-7-5-6-16(12-17)20-19(21)13-23-18-10-14(2)9-15(3)11-18/h4-7,9-12H,1,8,13H2,2-3H3,(H,20,21). The fraction of sp³-hybridized carbons (Fsp3) is 0.211. The number of carbonyl (C=O) groups is 1. The Morgan fingerprint density at radius 2 is 1.83 bits per heavy atom. The summed E-state index contributed by atoms with van der Waals surface area (Å²) in [4.78, 5) is 12.0. The van der Waals surface area contributed by atoms with Gasteiger partial charge in [0.05, 0.1) is 0 Å². The molecule has 0 aromatic heterocycles. The second kappa shape index (κ2) is 8.03. The molecule has 2 aromatic rings. The van der Waals surface area contributed by atoms with Crippen molar-refractivity contribution in [2.24, 2.45) is 0 Å². The summed E-state index contributed by atoms with van der Waals surface area (Å²) in [7, 11) is 0. The summed E-state index contributed by atoms with van der Waals surface area (Å²) in [5.74, 6) is 1.16. The molecule has 0 bridgehead atoms. The van der Waals surface area contributed by atoms with Crippen LogP contribution in [0.2, 0.25) is 0 Å². The first-order valence-electron chi connectivity index (χ1n) is 7.41. The fourth-order valence-electron chi connectivity index (χ4n) is 2.18. The quantitative estimate of drug-likeness (QED) is 0.789. The van der Waals surface area contributed by atoms with E-state index in [1.165, 1.54) is 0 Å². The first kappa shape index (κ1) is 16.6. The number of rotatable bonds is 7. The molecule has 0 unspecified atom stereocenters. The maximum absolute atomic E-state index is 12.0. The molecule has 4 nitrogen and oxygen atoms in total. The molecule has 2 rings (SSSR count). The smallest absolute Gasteiger partial charge is 0.262 e. The van der Waals surface area contributed by atoms with Crippen molar-refractivity contribution in [2.75, 3.05) is 18.5 Å². The van der Waals surface area contributed by atoms with Crippen LogP contribution in [-0.4, -0.2) is 19.1 Å². The monoisotopic (exact) mass is 311 g/mol. The minimum Gasteiger partial charge on any atom is -0.489 e. The summed E-state index contributed by atoms with van der Waals surface area (Å²) in [5.41, 5.74) is 2.88. The van der Waals surface area contributed by atoms with Crippen molar-refractivity contribution < 1.29 is 14.3 Å². The van der Waals surface area contributed by atoms with Gasteiger partial charge in [0, 0.05) is 11.8 Å². The number of carbonyl (C=O) groups excluding carboxylic acids is 1. The average molecular weight is 311 g/mol. The van der Waals surface area contributed by atoms with E-state index >= 15 is 0 Å². The number of hydrogen-bond acceptors (Lipinski definition) is 3. The Labute approximate surface area is 136 Å². The zero-order chi connectivity index (χ0) is 16.7. The first-order chi connectivity index (χ1) is 11.1. The van der Waals surface area contributed by atoms with E-state index in [0.717, 1.165) is 11.1 Å². The molecule has 1 N–H and O–H groups in total. The predicted molar refractivity (Wildman–Crippen MR) is 92.2 cm³/mol. The largest absolute Gasteiger partial charge is 0.489 e. The number of hydrogen-bond donors (Lipinski definition) is 1. The Morgan fingerprint density at radius 1 is 1.09 bits per heavy atom. The van der Waals surface area contributed by atoms with E-state index in [2.05, 4.69) is 18.0 Å². The third kappa shape index (κ3) is 5.51. The summed E-state index contributed by atoms with van der Waals surface area (Å²) < 4.78 is 11.0. The van der Waals surface area contributed by atoms with Gasteiger partial charge in [-0.25, -0.2) is 0 Å². The maximum atomic E-state index is 12.0.